The molecule has 2 heterocycles. The van der Waals surface area contributed by atoms with Crippen LogP contribution in [0.1, 0.15) is 53.4 Å². The summed E-state index contributed by atoms with van der Waals surface area (Å²) in [4.78, 5) is 2.65. The Morgan fingerprint density at radius 2 is 1.84 bits per heavy atom. The quantitative estimate of drug-likeness (QED) is 0.829. The molecule has 4 atom stereocenters. The number of hydrogen-bond donors (Lipinski definition) is 1. The first kappa shape index (κ1) is 15.3. The van der Waals surface area contributed by atoms with Crippen molar-refractivity contribution in [2.45, 2.75) is 77.7 Å². The number of nitrogens with zero attached hydrogens (tertiary/aromatic N) is 1. The van der Waals surface area contributed by atoms with E-state index < -0.39 is 0 Å². The molecule has 0 saturated carbocycles. The summed E-state index contributed by atoms with van der Waals surface area (Å²) in [5.74, 6) is 0.857. The topological polar surface area (TPSA) is 24.5 Å². The number of nitrogens with one attached hydrogen (secondary N) is 1. The maximum atomic E-state index is 6.19. The van der Waals surface area contributed by atoms with Gasteiger partial charge in [-0.25, -0.2) is 0 Å². The standard InChI is InChI=1S/C16H32N2O/c1-12(2)17-9-15-7-8-16(19-15)11-18-10-13(3)5-6-14(18)4/h12-17H,5-11H2,1-4H3. The molecule has 3 heteroatoms. The number of rotatable bonds is 5. The lowest BCUT2D eigenvalue weighted by Crippen LogP contribution is -2.45. The van der Waals surface area contributed by atoms with Crippen molar-refractivity contribution in [2.24, 2.45) is 5.92 Å². The minimum absolute atomic E-state index is 0.435. The van der Waals surface area contributed by atoms with Gasteiger partial charge in [0.05, 0.1) is 12.2 Å². The lowest BCUT2D eigenvalue weighted by atomic mass is 9.94. The van der Waals surface area contributed by atoms with Crippen LogP contribution < -0.4 is 5.32 Å². The molecule has 0 aliphatic carbocycles. The van der Waals surface area contributed by atoms with Gasteiger partial charge in [0.1, 0.15) is 0 Å². The fraction of sp³-hybridized carbons (Fsp3) is 1.00. The molecule has 4 unspecified atom stereocenters. The summed E-state index contributed by atoms with van der Waals surface area (Å²) in [6.07, 6.45) is 6.11. The maximum Gasteiger partial charge on any atom is 0.0707 e. The van der Waals surface area contributed by atoms with Gasteiger partial charge in [-0.15, -0.1) is 0 Å². The number of hydrogen-bond acceptors (Lipinski definition) is 3. The predicted octanol–water partition coefficient (Wildman–Crippen LogP) is 2.65. The monoisotopic (exact) mass is 268 g/mol. The summed E-state index contributed by atoms with van der Waals surface area (Å²) in [5, 5.41) is 3.49. The van der Waals surface area contributed by atoms with Gasteiger partial charge < -0.3 is 10.1 Å². The van der Waals surface area contributed by atoms with Crippen LogP contribution >= 0.6 is 0 Å². The number of likely N-dealkylation sites (tertiary alicyclic amines) is 1. The summed E-state index contributed by atoms with van der Waals surface area (Å²) in [5.41, 5.74) is 0. The highest BCUT2D eigenvalue weighted by Crippen LogP contribution is 2.25. The second kappa shape index (κ2) is 7.05. The fourth-order valence-corrected chi connectivity index (χ4v) is 3.33. The third-order valence-corrected chi connectivity index (χ3v) is 4.63. The van der Waals surface area contributed by atoms with Gasteiger partial charge in [-0.2, -0.15) is 0 Å². The van der Waals surface area contributed by atoms with E-state index in [2.05, 4.69) is 37.9 Å². The molecule has 19 heavy (non-hydrogen) atoms. The van der Waals surface area contributed by atoms with E-state index in [0.717, 1.165) is 25.0 Å². The zero-order chi connectivity index (χ0) is 13.8. The van der Waals surface area contributed by atoms with E-state index in [-0.39, 0.29) is 0 Å². The molecule has 2 fully saturated rings. The smallest absolute Gasteiger partial charge is 0.0707 e. The first-order valence-corrected chi connectivity index (χ1v) is 8.17. The molecule has 2 aliphatic heterocycles. The van der Waals surface area contributed by atoms with E-state index >= 15 is 0 Å². The van der Waals surface area contributed by atoms with E-state index in [4.69, 9.17) is 4.74 Å². The van der Waals surface area contributed by atoms with E-state index in [9.17, 15) is 0 Å². The minimum atomic E-state index is 0.435. The average Bonchev–Trinajstić information content (AvgIpc) is 2.79. The molecule has 2 saturated heterocycles. The third-order valence-electron chi connectivity index (χ3n) is 4.63. The molecule has 0 aromatic rings. The zero-order valence-corrected chi connectivity index (χ0v) is 13.2. The fourth-order valence-electron chi connectivity index (χ4n) is 3.33. The van der Waals surface area contributed by atoms with Crippen molar-refractivity contribution in [1.29, 1.82) is 0 Å². The van der Waals surface area contributed by atoms with Crippen LogP contribution in [-0.2, 0) is 4.74 Å². The van der Waals surface area contributed by atoms with E-state index in [1.807, 2.05) is 0 Å². The van der Waals surface area contributed by atoms with Gasteiger partial charge in [0, 0.05) is 31.7 Å². The molecule has 1 N–H and O–H groups in total. The lowest BCUT2D eigenvalue weighted by Gasteiger charge is -2.38. The van der Waals surface area contributed by atoms with Crippen molar-refractivity contribution < 1.29 is 4.74 Å². The van der Waals surface area contributed by atoms with Gasteiger partial charge in [-0.1, -0.05) is 20.8 Å². The zero-order valence-electron chi connectivity index (χ0n) is 13.2. The minimum Gasteiger partial charge on any atom is -0.372 e. The van der Waals surface area contributed by atoms with Gasteiger partial charge in [0.25, 0.3) is 0 Å². The Bertz CT molecular complexity index is 269. The van der Waals surface area contributed by atoms with Crippen LogP contribution in [0.15, 0.2) is 0 Å². The summed E-state index contributed by atoms with van der Waals surface area (Å²) in [7, 11) is 0. The number of ether oxygens (including phenoxy) is 1. The highest BCUT2D eigenvalue weighted by atomic mass is 16.5. The van der Waals surface area contributed by atoms with E-state index in [1.54, 1.807) is 0 Å². The second-order valence-electron chi connectivity index (χ2n) is 7.01. The van der Waals surface area contributed by atoms with E-state index in [0.29, 0.717) is 18.2 Å². The van der Waals surface area contributed by atoms with Gasteiger partial charge in [0.15, 0.2) is 0 Å². The first-order chi connectivity index (χ1) is 9.04. The Morgan fingerprint density at radius 1 is 1.11 bits per heavy atom. The Kier molecular flexibility index (Phi) is 5.67. The molecule has 0 aromatic heterocycles. The average molecular weight is 268 g/mol. The highest BCUT2D eigenvalue weighted by molar-refractivity contribution is 4.83. The molecule has 0 spiro atoms. The lowest BCUT2D eigenvalue weighted by molar-refractivity contribution is 0.00316. The normalized spacial score (nSPS) is 37.1. The molecular formula is C16H32N2O. The number of piperidine rings is 1. The molecule has 0 bridgehead atoms. The molecule has 2 rings (SSSR count). The van der Waals surface area contributed by atoms with Crippen molar-refractivity contribution in [3.05, 3.63) is 0 Å². The summed E-state index contributed by atoms with van der Waals surface area (Å²) >= 11 is 0. The van der Waals surface area contributed by atoms with Crippen LogP contribution in [0.3, 0.4) is 0 Å². The molecule has 112 valence electrons. The summed E-state index contributed by atoms with van der Waals surface area (Å²) in [6.45, 7) is 12.6. The highest BCUT2D eigenvalue weighted by Gasteiger charge is 2.30. The third kappa shape index (κ3) is 4.73. The Labute approximate surface area is 119 Å². The first-order valence-electron chi connectivity index (χ1n) is 8.17. The van der Waals surface area contributed by atoms with Crippen molar-refractivity contribution in [1.82, 2.24) is 10.2 Å². The maximum absolute atomic E-state index is 6.19. The molecule has 0 amide bonds. The SMILES string of the molecule is CC1CCC(C)N(CC2CCC(CNC(C)C)O2)C1. The second-order valence-corrected chi connectivity index (χ2v) is 7.01. The van der Waals surface area contributed by atoms with Crippen LogP contribution in [0.25, 0.3) is 0 Å². The van der Waals surface area contributed by atoms with Crippen LogP contribution in [0.4, 0.5) is 0 Å². The van der Waals surface area contributed by atoms with Crippen LogP contribution in [-0.4, -0.2) is 48.8 Å². The largest absolute Gasteiger partial charge is 0.372 e. The van der Waals surface area contributed by atoms with Crippen LogP contribution in [0, 0.1) is 5.92 Å². The molecule has 0 radical (unpaired) electrons. The van der Waals surface area contributed by atoms with Gasteiger partial charge in [-0.3, -0.25) is 4.90 Å². The van der Waals surface area contributed by atoms with Crippen molar-refractivity contribution in [3.8, 4) is 0 Å². The Morgan fingerprint density at radius 3 is 2.58 bits per heavy atom. The van der Waals surface area contributed by atoms with Crippen molar-refractivity contribution in [2.75, 3.05) is 19.6 Å². The summed E-state index contributed by atoms with van der Waals surface area (Å²) < 4.78 is 6.19. The molecule has 3 nitrogen and oxygen atoms in total. The van der Waals surface area contributed by atoms with Crippen LogP contribution in [0.2, 0.25) is 0 Å². The van der Waals surface area contributed by atoms with Gasteiger partial charge in [-0.05, 0) is 38.5 Å². The van der Waals surface area contributed by atoms with Gasteiger partial charge >= 0.3 is 0 Å². The Balaban J connectivity index is 1.72. The summed E-state index contributed by atoms with van der Waals surface area (Å²) in [6, 6.07) is 1.30. The molecular weight excluding hydrogens is 236 g/mol. The van der Waals surface area contributed by atoms with Crippen molar-refractivity contribution >= 4 is 0 Å². The molecule has 2 aliphatic rings. The van der Waals surface area contributed by atoms with Crippen LogP contribution in [0.5, 0.6) is 0 Å². The van der Waals surface area contributed by atoms with E-state index in [1.165, 1.54) is 32.2 Å². The Hall–Kier alpha value is -0.120. The predicted molar refractivity (Wildman–Crippen MR) is 80.5 cm³/mol. The molecule has 0 aromatic carbocycles. The van der Waals surface area contributed by atoms with Gasteiger partial charge in [0.2, 0.25) is 0 Å². The van der Waals surface area contributed by atoms with Crippen molar-refractivity contribution in [3.63, 3.8) is 0 Å².